The van der Waals surface area contributed by atoms with E-state index in [2.05, 4.69) is 10.6 Å². The van der Waals surface area contributed by atoms with E-state index in [1.165, 1.54) is 21.6 Å². The molecule has 7 amide bonds. The molecule has 0 aliphatic carbocycles. The molecule has 6 rings (SSSR count). The molecule has 5 fully saturated rings. The number of amides is 7. The summed E-state index contributed by atoms with van der Waals surface area (Å²) in [4.78, 5) is 113. The Labute approximate surface area is 335 Å². The number of fused-ring (bicyclic) bond motifs is 2. The Kier molecular flexibility index (Phi) is 12.0. The van der Waals surface area contributed by atoms with Gasteiger partial charge in [-0.2, -0.15) is 0 Å². The van der Waals surface area contributed by atoms with Crippen LogP contribution >= 0.6 is 11.8 Å². The number of imide groups is 1. The minimum atomic E-state index is -4.02. The molecule has 0 radical (unpaired) electrons. The molecule has 3 N–H and O–H groups in total. The van der Waals surface area contributed by atoms with Crippen LogP contribution in [-0.4, -0.2) is 144 Å². The second kappa shape index (κ2) is 15.2. The summed E-state index contributed by atoms with van der Waals surface area (Å²) >= 11 is 1.28. The zero-order valence-corrected chi connectivity index (χ0v) is 33.8. The Balaban J connectivity index is 0.000000302. The number of carbonyl (C=O) groups is 9. The maximum Gasteiger partial charge on any atom is 1.00 e. The molecule has 5 saturated heterocycles. The molecule has 5 heterocycles. The van der Waals surface area contributed by atoms with Crippen molar-refractivity contribution in [1.82, 2.24) is 30.2 Å². The van der Waals surface area contributed by atoms with Gasteiger partial charge in [-0.1, -0.05) is 30.3 Å². The predicted octanol–water partition coefficient (Wildman–Crippen LogP) is -5.80. The van der Waals surface area contributed by atoms with E-state index in [1.54, 1.807) is 51.1 Å². The molecular formula is C32H37N6NaO13S2. The molecule has 7 atom stereocenters. The van der Waals surface area contributed by atoms with Gasteiger partial charge in [0.05, 0.1) is 18.4 Å². The zero-order chi connectivity index (χ0) is 39.5. The van der Waals surface area contributed by atoms with Crippen molar-refractivity contribution in [3.05, 3.63) is 35.9 Å². The number of carboxylic acids is 2. The number of β-lactam (4-membered cyclic amide) rings is 2. The summed E-state index contributed by atoms with van der Waals surface area (Å²) in [6.45, 7) is 7.72. The fraction of sp³-hybridized carbons (Fsp3) is 0.531. The number of nitrogens with one attached hydrogen (secondary N) is 2. The summed E-state index contributed by atoms with van der Waals surface area (Å²) in [5.41, 5.74) is 0.403. The van der Waals surface area contributed by atoms with Crippen LogP contribution in [0.25, 0.3) is 0 Å². The third-order valence-electron chi connectivity index (χ3n) is 10.2. The first-order chi connectivity index (χ1) is 24.6. The number of nitrogens with zero attached hydrogens (tertiary/aromatic N) is 4. The van der Waals surface area contributed by atoms with Crippen molar-refractivity contribution in [3.63, 3.8) is 0 Å². The Bertz CT molecular complexity index is 1930. The fourth-order valence-corrected chi connectivity index (χ4v) is 11.1. The molecule has 22 heteroatoms. The molecule has 5 aliphatic heterocycles. The Morgan fingerprint density at radius 1 is 0.981 bits per heavy atom. The zero-order valence-electron chi connectivity index (χ0n) is 30.1. The van der Waals surface area contributed by atoms with E-state index >= 15 is 0 Å². The van der Waals surface area contributed by atoms with E-state index in [4.69, 9.17) is 0 Å². The van der Waals surface area contributed by atoms with Crippen molar-refractivity contribution < 1.29 is 91.3 Å². The van der Waals surface area contributed by atoms with E-state index in [0.29, 0.717) is 12.1 Å². The minimum Gasteiger partial charge on any atom is -0.548 e. The van der Waals surface area contributed by atoms with Crippen molar-refractivity contribution in [2.75, 3.05) is 19.6 Å². The van der Waals surface area contributed by atoms with Gasteiger partial charge in [0.25, 0.3) is 0 Å². The van der Waals surface area contributed by atoms with E-state index in [1.807, 2.05) is 0 Å². The van der Waals surface area contributed by atoms with Crippen LogP contribution in [0.15, 0.2) is 30.3 Å². The first-order valence-corrected chi connectivity index (χ1v) is 18.8. The number of rotatable bonds is 8. The van der Waals surface area contributed by atoms with Gasteiger partial charge < -0.3 is 40.3 Å². The van der Waals surface area contributed by atoms with E-state index in [9.17, 15) is 61.8 Å². The fourth-order valence-electron chi connectivity index (χ4n) is 7.10. The van der Waals surface area contributed by atoms with Gasteiger partial charge in [0, 0.05) is 24.4 Å². The molecule has 5 aliphatic rings. The molecule has 54 heavy (non-hydrogen) atoms. The van der Waals surface area contributed by atoms with E-state index < -0.39 is 108 Å². The number of benzene rings is 1. The minimum absolute atomic E-state index is 0. The molecule has 1 aromatic rings. The molecule has 286 valence electrons. The Morgan fingerprint density at radius 2 is 1.59 bits per heavy atom. The first-order valence-electron chi connectivity index (χ1n) is 16.4. The summed E-state index contributed by atoms with van der Waals surface area (Å²) in [5, 5.41) is 24.0. The van der Waals surface area contributed by atoms with Crippen molar-refractivity contribution in [3.8, 4) is 0 Å². The van der Waals surface area contributed by atoms with Crippen LogP contribution in [-0.2, 0) is 48.2 Å². The number of likely N-dealkylation sites (N-methyl/N-ethyl adjacent to an activating group) is 1. The van der Waals surface area contributed by atoms with Crippen molar-refractivity contribution >= 4 is 74.9 Å². The largest absolute Gasteiger partial charge is 1.00 e. The smallest absolute Gasteiger partial charge is 0.548 e. The second-order valence-corrected chi connectivity index (χ2v) is 17.9. The summed E-state index contributed by atoms with van der Waals surface area (Å²) < 4.78 is 21.3. The van der Waals surface area contributed by atoms with Gasteiger partial charge in [-0.05, 0) is 40.2 Å². The number of piperazine rings is 1. The predicted molar refractivity (Wildman–Crippen MR) is 179 cm³/mol. The third kappa shape index (κ3) is 6.77. The van der Waals surface area contributed by atoms with Crippen LogP contribution in [0.3, 0.4) is 0 Å². The van der Waals surface area contributed by atoms with Gasteiger partial charge in [0.2, 0.25) is 17.7 Å². The number of carbonyl (C=O) groups excluding carboxylic acids is 8. The van der Waals surface area contributed by atoms with Gasteiger partial charge in [0.15, 0.2) is 20.4 Å². The summed E-state index contributed by atoms with van der Waals surface area (Å²) in [7, 11) is -4.02. The van der Waals surface area contributed by atoms with Crippen LogP contribution in [0, 0.1) is 0 Å². The van der Waals surface area contributed by atoms with Crippen LogP contribution in [0.5, 0.6) is 0 Å². The van der Waals surface area contributed by atoms with Gasteiger partial charge in [-0.25, -0.2) is 18.0 Å². The maximum atomic E-state index is 13.3. The SMILES string of the molecule is CC(=O)[C@@]1(C)[C@H](C(=O)[O-])N2C(=O)CC2S1(=O)=O.CCN1CCN(C(=O)NC(C(=O)N[C@@H]2C(=O)N3[C@@H]2SC(C)(C)[C@@H]3C(=O)O)c2ccccc2)C(=O)C1=O.[Na+]. The third-order valence-corrected chi connectivity index (χ3v) is 14.6. The van der Waals surface area contributed by atoms with Crippen LogP contribution < -0.4 is 45.3 Å². The van der Waals surface area contributed by atoms with Crippen molar-refractivity contribution in [2.24, 2.45) is 0 Å². The summed E-state index contributed by atoms with van der Waals surface area (Å²) in [5.74, 6) is -7.22. The van der Waals surface area contributed by atoms with Crippen LogP contribution in [0.2, 0.25) is 0 Å². The standard InChI is InChI=1S/C23H27N5O7S.C9H11NO6S.Na/c1-4-26-10-11-27(19(32)18(26)31)22(35)25-13(12-8-6-5-7-9-12)16(29)24-14-17(30)28-15(21(33)34)23(2,3)36-20(14)28;1-4(11)9(2)7(8(13)14)10-5(12)3-6(10)17(9,15)16;/h5-9,13-15,20H,4,10-11H2,1-3H3,(H,24,29)(H,25,35)(H,33,34);6-7H,3H2,1-2H3,(H,13,14);/q;;+1/p-1/t13?,14-,15+,20-;6?,7-,9-;/m10./s1. The first kappa shape index (κ1) is 42.7. The molecule has 0 bridgehead atoms. The number of ketones is 1. The number of Topliss-reactive ketones (excluding diaryl/α,β-unsaturated/α-hetero) is 1. The van der Waals surface area contributed by atoms with Gasteiger partial charge in [0.1, 0.15) is 28.9 Å². The number of hydrogen-bond acceptors (Lipinski definition) is 13. The number of thioether (sulfide) groups is 1. The molecule has 0 aromatic heterocycles. The topological polar surface area (TPSA) is 268 Å². The van der Waals surface area contributed by atoms with Crippen molar-refractivity contribution in [1.29, 1.82) is 0 Å². The van der Waals surface area contributed by atoms with Gasteiger partial charge in [-0.3, -0.25) is 33.7 Å². The molecular weight excluding hydrogens is 764 g/mol. The molecule has 1 aromatic carbocycles. The monoisotopic (exact) mass is 800 g/mol. The molecule has 0 saturated carbocycles. The van der Waals surface area contributed by atoms with E-state index in [0.717, 1.165) is 23.6 Å². The average molecular weight is 801 g/mol. The number of sulfone groups is 1. The van der Waals surface area contributed by atoms with Crippen molar-refractivity contribution in [2.45, 2.75) is 85.4 Å². The molecule has 19 nitrogen and oxygen atoms in total. The van der Waals surface area contributed by atoms with Gasteiger partial charge >= 0.3 is 53.4 Å². The average Bonchev–Trinajstić information content (AvgIpc) is 3.43. The molecule has 2 unspecified atom stereocenters. The number of hydrogen-bond donors (Lipinski definition) is 3. The van der Waals surface area contributed by atoms with Gasteiger partial charge in [-0.15, -0.1) is 11.8 Å². The molecule has 0 spiro atoms. The Hall–Kier alpha value is -4.05. The van der Waals surface area contributed by atoms with E-state index in [-0.39, 0.29) is 49.1 Å². The Morgan fingerprint density at radius 3 is 2.11 bits per heavy atom. The number of urea groups is 1. The van der Waals surface area contributed by atoms with Crippen LogP contribution in [0.4, 0.5) is 4.79 Å². The quantitative estimate of drug-likeness (QED) is 0.126. The maximum absolute atomic E-state index is 13.3. The van der Waals surface area contributed by atoms with Crippen LogP contribution in [0.1, 0.15) is 52.6 Å². The number of carboxylic acid groups (broad SMARTS) is 2. The summed E-state index contributed by atoms with van der Waals surface area (Å²) in [6.07, 6.45) is -0.269. The number of aliphatic carboxylic acids is 2. The summed E-state index contributed by atoms with van der Waals surface area (Å²) in [6, 6.07) is 2.39. The second-order valence-electron chi connectivity index (χ2n) is 13.6. The normalized spacial score (nSPS) is 29.2.